The number of aromatic nitrogens is 2. The Morgan fingerprint density at radius 3 is 2.64 bits per heavy atom. The van der Waals surface area contributed by atoms with Crippen molar-refractivity contribution in [2.75, 3.05) is 5.32 Å². The number of anilines is 1. The van der Waals surface area contributed by atoms with Crippen molar-refractivity contribution in [3.05, 3.63) is 97.4 Å². The highest BCUT2D eigenvalue weighted by Crippen LogP contribution is 2.30. The first-order valence-corrected chi connectivity index (χ1v) is 11.2. The molecule has 1 unspecified atom stereocenters. The summed E-state index contributed by atoms with van der Waals surface area (Å²) in [7, 11) is 1.71. The van der Waals surface area contributed by atoms with Gasteiger partial charge in [0, 0.05) is 34.6 Å². The van der Waals surface area contributed by atoms with Gasteiger partial charge in [-0.15, -0.1) is 0 Å². The molecule has 1 atom stereocenters. The van der Waals surface area contributed by atoms with Crippen LogP contribution in [0.15, 0.2) is 64.4 Å². The summed E-state index contributed by atoms with van der Waals surface area (Å²) in [4.78, 5) is 33.0. The normalized spacial score (nSPS) is 15.7. The van der Waals surface area contributed by atoms with Gasteiger partial charge in [-0.25, -0.2) is 4.79 Å². The lowest BCUT2D eigenvalue weighted by Gasteiger charge is -2.13. The first-order chi connectivity index (χ1) is 15.8. The van der Waals surface area contributed by atoms with Crippen molar-refractivity contribution < 1.29 is 4.79 Å². The number of amides is 1. The van der Waals surface area contributed by atoms with Crippen LogP contribution in [0.5, 0.6) is 0 Å². The summed E-state index contributed by atoms with van der Waals surface area (Å²) in [5.74, 6) is -0.223. The number of hydrogen-bond acceptors (Lipinski definition) is 3. The van der Waals surface area contributed by atoms with Crippen LogP contribution in [0.2, 0.25) is 10.0 Å². The Hall–Kier alpha value is -3.35. The maximum absolute atomic E-state index is 13.1. The van der Waals surface area contributed by atoms with Crippen LogP contribution in [0.4, 0.5) is 5.69 Å². The Kier molecular flexibility index (Phi) is 5.35. The van der Waals surface area contributed by atoms with Crippen LogP contribution in [0.3, 0.4) is 0 Å². The van der Waals surface area contributed by atoms with E-state index >= 15 is 0 Å². The van der Waals surface area contributed by atoms with Gasteiger partial charge in [-0.3, -0.25) is 14.4 Å². The molecule has 2 N–H and O–H groups in total. The van der Waals surface area contributed by atoms with Crippen molar-refractivity contribution in [2.24, 2.45) is 12.0 Å². The van der Waals surface area contributed by atoms with Crippen molar-refractivity contribution in [3.8, 4) is 0 Å². The van der Waals surface area contributed by atoms with Crippen LogP contribution in [0.1, 0.15) is 22.3 Å². The molecule has 0 spiro atoms. The summed E-state index contributed by atoms with van der Waals surface area (Å²) in [6.07, 6.45) is 0.348. The van der Waals surface area contributed by atoms with Crippen molar-refractivity contribution in [1.82, 2.24) is 9.55 Å². The number of aryl methyl sites for hydroxylation is 2. The third kappa shape index (κ3) is 3.96. The van der Waals surface area contributed by atoms with Gasteiger partial charge in [0.15, 0.2) is 0 Å². The van der Waals surface area contributed by atoms with Gasteiger partial charge in [0.05, 0.1) is 22.4 Å². The van der Waals surface area contributed by atoms with Crippen LogP contribution >= 0.6 is 23.2 Å². The molecule has 1 aliphatic rings. The standard InChI is InChI=1S/C25H20Cl2N4O2/c1-13-3-4-14(18(27)9-13)10-21-24(32)29-19-7-6-16(26)12-17(19)23(28-21)15-5-8-22-20(11-15)30-25(33)31(22)2/h3-9,11-12,21H,10H2,1-2H3,(H,29,32)(H,30,33). The van der Waals surface area contributed by atoms with Gasteiger partial charge in [0.2, 0.25) is 5.91 Å². The van der Waals surface area contributed by atoms with E-state index in [1.165, 1.54) is 0 Å². The van der Waals surface area contributed by atoms with Crippen LogP contribution in [-0.4, -0.2) is 27.2 Å². The van der Waals surface area contributed by atoms with Gasteiger partial charge in [0.25, 0.3) is 0 Å². The number of H-pyrrole nitrogens is 1. The largest absolute Gasteiger partial charge is 0.326 e. The molecule has 0 bridgehead atoms. The molecular weight excluding hydrogens is 459 g/mol. The average molecular weight is 479 g/mol. The van der Waals surface area contributed by atoms with E-state index in [1.54, 1.807) is 29.8 Å². The zero-order chi connectivity index (χ0) is 23.3. The molecule has 1 aliphatic heterocycles. The minimum Gasteiger partial charge on any atom is -0.324 e. The number of fused-ring (bicyclic) bond motifs is 2. The number of benzodiazepines with no additional fused rings is 1. The van der Waals surface area contributed by atoms with E-state index in [0.29, 0.717) is 38.9 Å². The van der Waals surface area contributed by atoms with E-state index in [0.717, 1.165) is 22.2 Å². The van der Waals surface area contributed by atoms with Crippen LogP contribution in [0.25, 0.3) is 11.0 Å². The summed E-state index contributed by atoms with van der Waals surface area (Å²) in [5.41, 5.74) is 5.89. The van der Waals surface area contributed by atoms with E-state index in [4.69, 9.17) is 28.2 Å². The van der Waals surface area contributed by atoms with E-state index in [9.17, 15) is 9.59 Å². The number of nitrogens with one attached hydrogen (secondary N) is 2. The highest BCUT2D eigenvalue weighted by Gasteiger charge is 2.27. The fourth-order valence-electron chi connectivity index (χ4n) is 4.10. The second-order valence-electron chi connectivity index (χ2n) is 8.19. The molecular formula is C25H20Cl2N4O2. The number of nitrogens with zero attached hydrogens (tertiary/aromatic N) is 2. The molecule has 166 valence electrons. The molecule has 0 aliphatic carbocycles. The SMILES string of the molecule is Cc1ccc(CC2N=C(c3ccc4c(c3)[nH]c(=O)n4C)c3cc(Cl)ccc3NC2=O)c(Cl)c1. The molecule has 0 saturated carbocycles. The topological polar surface area (TPSA) is 79.2 Å². The summed E-state index contributed by atoms with van der Waals surface area (Å²) in [6, 6.07) is 16.0. The number of rotatable bonds is 3. The van der Waals surface area contributed by atoms with Crippen LogP contribution in [0, 0.1) is 6.92 Å². The molecule has 33 heavy (non-hydrogen) atoms. The van der Waals surface area contributed by atoms with Gasteiger partial charge in [-0.2, -0.15) is 0 Å². The lowest BCUT2D eigenvalue weighted by molar-refractivity contribution is -0.117. The maximum Gasteiger partial charge on any atom is 0.326 e. The van der Waals surface area contributed by atoms with Crippen molar-refractivity contribution in [2.45, 2.75) is 19.4 Å². The highest BCUT2D eigenvalue weighted by atomic mass is 35.5. The molecule has 8 heteroatoms. The fraction of sp³-hybridized carbons (Fsp3) is 0.160. The van der Waals surface area contributed by atoms with Crippen molar-refractivity contribution in [3.63, 3.8) is 0 Å². The van der Waals surface area contributed by atoms with E-state index < -0.39 is 6.04 Å². The first-order valence-electron chi connectivity index (χ1n) is 10.4. The van der Waals surface area contributed by atoms with Gasteiger partial charge in [0.1, 0.15) is 6.04 Å². The molecule has 4 aromatic rings. The zero-order valence-corrected chi connectivity index (χ0v) is 19.5. The summed E-state index contributed by atoms with van der Waals surface area (Å²) < 4.78 is 1.55. The number of carbonyl (C=O) groups excluding carboxylic acids is 1. The van der Waals surface area contributed by atoms with Crippen LogP contribution in [-0.2, 0) is 18.3 Å². The van der Waals surface area contributed by atoms with Crippen LogP contribution < -0.4 is 11.0 Å². The molecule has 1 amide bonds. The van der Waals surface area contributed by atoms with Gasteiger partial charge >= 0.3 is 5.69 Å². The number of aliphatic imine (C=N–C) groups is 1. The molecule has 0 radical (unpaired) electrons. The van der Waals surface area contributed by atoms with Gasteiger partial charge in [-0.05, 0) is 54.4 Å². The number of carbonyl (C=O) groups is 1. The molecule has 6 nitrogen and oxygen atoms in total. The van der Waals surface area contributed by atoms with Gasteiger partial charge < -0.3 is 10.3 Å². The fourth-order valence-corrected chi connectivity index (χ4v) is 4.58. The second kappa shape index (κ2) is 8.21. The van der Waals surface area contributed by atoms with E-state index in [1.807, 2.05) is 43.3 Å². The predicted molar refractivity (Wildman–Crippen MR) is 133 cm³/mol. The third-order valence-electron chi connectivity index (χ3n) is 5.88. The number of imidazole rings is 1. The van der Waals surface area contributed by atoms with Crippen molar-refractivity contribution >= 4 is 51.5 Å². The molecule has 0 fully saturated rings. The smallest absolute Gasteiger partial charge is 0.324 e. The lowest BCUT2D eigenvalue weighted by atomic mass is 9.99. The average Bonchev–Trinajstić information content (AvgIpc) is 2.98. The van der Waals surface area contributed by atoms with Crippen molar-refractivity contribution in [1.29, 1.82) is 0 Å². The number of aromatic amines is 1. The Labute approximate surface area is 199 Å². The Morgan fingerprint density at radius 2 is 1.85 bits per heavy atom. The monoisotopic (exact) mass is 478 g/mol. The second-order valence-corrected chi connectivity index (χ2v) is 9.04. The molecule has 1 aromatic heterocycles. The maximum atomic E-state index is 13.1. The van der Waals surface area contributed by atoms with E-state index in [2.05, 4.69) is 10.3 Å². The number of halogens is 2. The molecule has 3 aromatic carbocycles. The lowest BCUT2D eigenvalue weighted by Crippen LogP contribution is -2.27. The highest BCUT2D eigenvalue weighted by molar-refractivity contribution is 6.32. The minimum atomic E-state index is -0.697. The zero-order valence-electron chi connectivity index (χ0n) is 17.9. The quantitative estimate of drug-likeness (QED) is 0.439. The molecule has 5 rings (SSSR count). The summed E-state index contributed by atoms with van der Waals surface area (Å²) in [6.45, 7) is 1.97. The Morgan fingerprint density at radius 1 is 1.03 bits per heavy atom. The van der Waals surface area contributed by atoms with E-state index in [-0.39, 0.29) is 11.6 Å². The summed E-state index contributed by atoms with van der Waals surface area (Å²) in [5, 5.41) is 4.12. The summed E-state index contributed by atoms with van der Waals surface area (Å²) >= 11 is 12.8. The number of benzene rings is 3. The molecule has 2 heterocycles. The van der Waals surface area contributed by atoms with Gasteiger partial charge in [-0.1, -0.05) is 41.4 Å². The Balaban J connectivity index is 1.67. The Bertz CT molecular complexity index is 1520. The number of hydrogen-bond donors (Lipinski definition) is 2. The molecule has 0 saturated heterocycles. The minimum absolute atomic E-state index is 0.197. The third-order valence-corrected chi connectivity index (χ3v) is 6.47. The predicted octanol–water partition coefficient (Wildman–Crippen LogP) is 4.88. The first kappa shape index (κ1) is 21.5.